The lowest BCUT2D eigenvalue weighted by atomic mass is 10.2. The van der Waals surface area contributed by atoms with Gasteiger partial charge >= 0.3 is 5.97 Å². The molecule has 1 saturated heterocycles. The number of sulfonamides is 1. The number of para-hydroxylation sites is 1. The van der Waals surface area contributed by atoms with Gasteiger partial charge in [0.05, 0.1) is 34.7 Å². The summed E-state index contributed by atoms with van der Waals surface area (Å²) < 4.78 is 40.2. The van der Waals surface area contributed by atoms with Gasteiger partial charge < -0.3 is 19.0 Å². The monoisotopic (exact) mass is 468 g/mol. The van der Waals surface area contributed by atoms with Gasteiger partial charge in [0.2, 0.25) is 10.0 Å². The van der Waals surface area contributed by atoms with Gasteiger partial charge in [0.1, 0.15) is 12.4 Å². The Labute approximate surface area is 191 Å². The Morgan fingerprint density at radius 1 is 1.18 bits per heavy atom. The number of aryl methyl sites for hydroxylation is 1. The van der Waals surface area contributed by atoms with Gasteiger partial charge in [-0.15, -0.1) is 0 Å². The van der Waals surface area contributed by atoms with Crippen molar-refractivity contribution in [3.63, 3.8) is 0 Å². The van der Waals surface area contributed by atoms with E-state index in [9.17, 15) is 13.2 Å². The fraction of sp³-hybridized carbons (Fsp3) is 0.304. The van der Waals surface area contributed by atoms with Crippen molar-refractivity contribution in [2.75, 3.05) is 26.3 Å². The van der Waals surface area contributed by atoms with Gasteiger partial charge in [0.25, 0.3) is 0 Å². The number of nitrogens with zero attached hydrogens (tertiary/aromatic N) is 3. The van der Waals surface area contributed by atoms with Gasteiger partial charge in [-0.3, -0.25) is 0 Å². The van der Waals surface area contributed by atoms with E-state index < -0.39 is 16.0 Å². The Hall–Kier alpha value is -3.21. The average molecular weight is 469 g/mol. The molecule has 10 heteroatoms. The van der Waals surface area contributed by atoms with Crippen molar-refractivity contribution >= 4 is 37.9 Å². The standard InChI is InChI=1S/C23H24N4O5S/c1-2-27-21-8-7-16(33(29,30)26-9-11-31-12-10-26)13-20(21)25-22(27)15-32-23(28)18-14-24-19-6-4-3-5-17(18)19/h3-8,13-14,24H,2,9-12,15H2,1H3. The number of rotatable bonds is 6. The predicted molar refractivity (Wildman–Crippen MR) is 122 cm³/mol. The van der Waals surface area contributed by atoms with E-state index >= 15 is 0 Å². The fourth-order valence-electron chi connectivity index (χ4n) is 4.17. The second kappa shape index (κ2) is 8.62. The van der Waals surface area contributed by atoms with Crippen molar-refractivity contribution in [3.8, 4) is 0 Å². The summed E-state index contributed by atoms with van der Waals surface area (Å²) in [6.45, 7) is 3.98. The number of H-pyrrole nitrogens is 1. The molecule has 0 atom stereocenters. The van der Waals surface area contributed by atoms with Gasteiger partial charge in [-0.2, -0.15) is 4.31 Å². The molecule has 0 saturated carbocycles. The lowest BCUT2D eigenvalue weighted by molar-refractivity contribution is 0.0461. The zero-order valence-corrected chi connectivity index (χ0v) is 19.0. The smallest absolute Gasteiger partial charge is 0.340 e. The van der Waals surface area contributed by atoms with Gasteiger partial charge in [0, 0.05) is 36.7 Å². The summed E-state index contributed by atoms with van der Waals surface area (Å²) in [6, 6.07) is 12.5. The summed E-state index contributed by atoms with van der Waals surface area (Å²) in [5.74, 6) is 0.111. The number of nitrogens with one attached hydrogen (secondary N) is 1. The first-order valence-corrected chi connectivity index (χ1v) is 12.2. The third kappa shape index (κ3) is 3.90. The predicted octanol–water partition coefficient (Wildman–Crippen LogP) is 2.92. The van der Waals surface area contributed by atoms with E-state index in [2.05, 4.69) is 9.97 Å². The number of imidazole rings is 1. The molecule has 9 nitrogen and oxygen atoms in total. The molecule has 0 bridgehead atoms. The Kier molecular flexibility index (Phi) is 5.65. The molecule has 2 aromatic carbocycles. The molecule has 1 fully saturated rings. The highest BCUT2D eigenvalue weighted by atomic mass is 32.2. The Morgan fingerprint density at radius 2 is 1.97 bits per heavy atom. The Bertz CT molecular complexity index is 1430. The Morgan fingerprint density at radius 3 is 2.76 bits per heavy atom. The van der Waals surface area contributed by atoms with Crippen LogP contribution in [-0.2, 0) is 32.6 Å². The summed E-state index contributed by atoms with van der Waals surface area (Å²) >= 11 is 0. The molecule has 0 radical (unpaired) electrons. The normalized spacial score (nSPS) is 15.3. The number of esters is 1. The zero-order valence-electron chi connectivity index (χ0n) is 18.2. The van der Waals surface area contributed by atoms with E-state index in [1.807, 2.05) is 35.8 Å². The molecule has 0 amide bonds. The molecule has 2 aromatic heterocycles. The molecule has 1 N–H and O–H groups in total. The lowest BCUT2D eigenvalue weighted by Crippen LogP contribution is -2.40. The van der Waals surface area contributed by atoms with Crippen LogP contribution < -0.4 is 0 Å². The van der Waals surface area contributed by atoms with E-state index in [-0.39, 0.29) is 11.5 Å². The maximum Gasteiger partial charge on any atom is 0.340 e. The van der Waals surface area contributed by atoms with E-state index in [0.29, 0.717) is 49.8 Å². The highest BCUT2D eigenvalue weighted by Gasteiger charge is 2.27. The molecule has 0 aliphatic carbocycles. The average Bonchev–Trinajstić information content (AvgIpc) is 3.43. The summed E-state index contributed by atoms with van der Waals surface area (Å²) in [7, 11) is -3.62. The van der Waals surface area contributed by atoms with Crippen LogP contribution in [0.15, 0.2) is 53.6 Å². The van der Waals surface area contributed by atoms with Crippen molar-refractivity contribution in [1.29, 1.82) is 0 Å². The number of benzene rings is 2. The minimum atomic E-state index is -3.62. The van der Waals surface area contributed by atoms with Crippen molar-refractivity contribution in [1.82, 2.24) is 18.8 Å². The molecule has 33 heavy (non-hydrogen) atoms. The largest absolute Gasteiger partial charge is 0.454 e. The van der Waals surface area contributed by atoms with E-state index in [0.717, 1.165) is 16.4 Å². The van der Waals surface area contributed by atoms with Crippen LogP contribution in [0.5, 0.6) is 0 Å². The fourth-order valence-corrected chi connectivity index (χ4v) is 5.60. The third-order valence-corrected chi connectivity index (χ3v) is 7.76. The van der Waals surface area contributed by atoms with Crippen LogP contribution in [0.2, 0.25) is 0 Å². The SMILES string of the molecule is CCn1c(COC(=O)c2c[nH]c3ccccc23)nc2cc(S(=O)(=O)N3CCOCC3)ccc21. The van der Waals surface area contributed by atoms with Crippen LogP contribution in [-0.4, -0.2) is 59.5 Å². The molecule has 172 valence electrons. The van der Waals surface area contributed by atoms with Crippen molar-refractivity contribution < 1.29 is 22.7 Å². The highest BCUT2D eigenvalue weighted by Crippen LogP contribution is 2.25. The molecular weight excluding hydrogens is 444 g/mol. The van der Waals surface area contributed by atoms with Crippen LogP contribution in [0.3, 0.4) is 0 Å². The number of aromatic amines is 1. The maximum atomic E-state index is 13.0. The minimum Gasteiger partial charge on any atom is -0.454 e. The molecule has 5 rings (SSSR count). The molecule has 4 aromatic rings. The first-order chi connectivity index (χ1) is 16.0. The van der Waals surface area contributed by atoms with Gasteiger partial charge in [-0.05, 0) is 31.2 Å². The molecule has 1 aliphatic rings. The molecule has 1 aliphatic heterocycles. The minimum absolute atomic E-state index is 0.0214. The zero-order chi connectivity index (χ0) is 23.0. The van der Waals surface area contributed by atoms with Crippen LogP contribution in [0.1, 0.15) is 23.1 Å². The summed E-state index contributed by atoms with van der Waals surface area (Å²) in [5.41, 5.74) is 2.66. The van der Waals surface area contributed by atoms with E-state index in [4.69, 9.17) is 9.47 Å². The van der Waals surface area contributed by atoms with Crippen molar-refractivity contribution in [2.24, 2.45) is 0 Å². The number of hydrogen-bond donors (Lipinski definition) is 1. The first-order valence-electron chi connectivity index (χ1n) is 10.8. The number of carbonyl (C=O) groups is 1. The molecule has 0 spiro atoms. The number of carbonyl (C=O) groups excluding carboxylic acids is 1. The molecular formula is C23H24N4O5S. The summed E-state index contributed by atoms with van der Waals surface area (Å²) in [4.78, 5) is 20.5. The molecule has 3 heterocycles. The van der Waals surface area contributed by atoms with E-state index in [1.165, 1.54) is 4.31 Å². The van der Waals surface area contributed by atoms with Crippen LogP contribution in [0.25, 0.3) is 21.9 Å². The number of ether oxygens (including phenoxy) is 2. The van der Waals surface area contributed by atoms with E-state index in [1.54, 1.807) is 24.4 Å². The number of hydrogen-bond acceptors (Lipinski definition) is 6. The second-order valence-corrected chi connectivity index (χ2v) is 9.70. The summed E-state index contributed by atoms with van der Waals surface area (Å²) in [6.07, 6.45) is 1.64. The van der Waals surface area contributed by atoms with Crippen LogP contribution in [0.4, 0.5) is 0 Å². The molecule has 0 unspecified atom stereocenters. The number of morpholine rings is 1. The van der Waals surface area contributed by atoms with Gasteiger partial charge in [-0.25, -0.2) is 18.2 Å². The van der Waals surface area contributed by atoms with Crippen molar-refractivity contribution in [3.05, 3.63) is 60.0 Å². The third-order valence-electron chi connectivity index (χ3n) is 5.86. The van der Waals surface area contributed by atoms with Crippen LogP contribution >= 0.6 is 0 Å². The van der Waals surface area contributed by atoms with Gasteiger partial charge in [-0.1, -0.05) is 18.2 Å². The number of fused-ring (bicyclic) bond motifs is 2. The quantitative estimate of drug-likeness (QED) is 0.436. The van der Waals surface area contributed by atoms with Crippen molar-refractivity contribution in [2.45, 2.75) is 25.0 Å². The van der Waals surface area contributed by atoms with Crippen LogP contribution in [0, 0.1) is 0 Å². The lowest BCUT2D eigenvalue weighted by Gasteiger charge is -2.26. The maximum absolute atomic E-state index is 13.0. The Balaban J connectivity index is 1.41. The summed E-state index contributed by atoms with van der Waals surface area (Å²) in [5, 5.41) is 0.796. The number of aromatic nitrogens is 3. The second-order valence-electron chi connectivity index (χ2n) is 7.76. The topological polar surface area (TPSA) is 107 Å². The highest BCUT2D eigenvalue weighted by molar-refractivity contribution is 7.89. The first kappa shape index (κ1) is 21.6. The van der Waals surface area contributed by atoms with Gasteiger partial charge in [0.15, 0.2) is 0 Å².